The molecule has 0 aliphatic heterocycles. The first-order valence-corrected chi connectivity index (χ1v) is 7.77. The zero-order valence-electron chi connectivity index (χ0n) is 13.0. The van der Waals surface area contributed by atoms with Gasteiger partial charge >= 0.3 is 0 Å². The lowest BCUT2D eigenvalue weighted by Gasteiger charge is -2.30. The van der Waals surface area contributed by atoms with Gasteiger partial charge in [0.25, 0.3) is 0 Å². The molecular weight excluding hydrogens is 286 g/mol. The Bertz CT molecular complexity index is 735. The van der Waals surface area contributed by atoms with Crippen LogP contribution in [0.3, 0.4) is 0 Å². The molecule has 0 spiro atoms. The molecule has 3 rings (SSSR count). The van der Waals surface area contributed by atoms with Crippen molar-refractivity contribution in [3.63, 3.8) is 0 Å². The first-order valence-electron chi connectivity index (χ1n) is 7.77. The molecule has 1 aliphatic carbocycles. The van der Waals surface area contributed by atoms with Crippen molar-refractivity contribution in [3.05, 3.63) is 77.9 Å². The summed E-state index contributed by atoms with van der Waals surface area (Å²) in [7, 11) is 0. The maximum absolute atomic E-state index is 12.8. The van der Waals surface area contributed by atoms with Crippen LogP contribution < -0.4 is 5.32 Å². The fourth-order valence-electron chi connectivity index (χ4n) is 3.20. The van der Waals surface area contributed by atoms with Crippen molar-refractivity contribution < 1.29 is 9.59 Å². The number of hydrogen-bond acceptors (Lipinski definition) is 2. The van der Waals surface area contributed by atoms with E-state index in [4.69, 9.17) is 0 Å². The molecule has 2 aromatic rings. The van der Waals surface area contributed by atoms with E-state index >= 15 is 0 Å². The van der Waals surface area contributed by atoms with Gasteiger partial charge < -0.3 is 5.32 Å². The summed E-state index contributed by atoms with van der Waals surface area (Å²) < 4.78 is 0. The predicted molar refractivity (Wildman–Crippen MR) is 91.1 cm³/mol. The van der Waals surface area contributed by atoms with Gasteiger partial charge in [0.2, 0.25) is 5.91 Å². The van der Waals surface area contributed by atoms with Crippen LogP contribution in [0, 0.1) is 5.92 Å². The van der Waals surface area contributed by atoms with E-state index in [0.29, 0.717) is 6.42 Å². The second-order valence-corrected chi connectivity index (χ2v) is 5.91. The molecule has 2 unspecified atom stereocenters. The third-order valence-corrected chi connectivity index (χ3v) is 4.25. The Kier molecular flexibility index (Phi) is 4.38. The monoisotopic (exact) mass is 305 g/mol. The van der Waals surface area contributed by atoms with Crippen LogP contribution in [0.1, 0.15) is 24.8 Å². The van der Waals surface area contributed by atoms with Gasteiger partial charge in [0.15, 0.2) is 5.78 Å². The van der Waals surface area contributed by atoms with Crippen molar-refractivity contribution in [2.45, 2.75) is 19.3 Å². The first-order chi connectivity index (χ1) is 11.1. The van der Waals surface area contributed by atoms with E-state index in [1.165, 1.54) is 0 Å². The van der Waals surface area contributed by atoms with Crippen LogP contribution in [0.15, 0.2) is 72.3 Å². The average Bonchev–Trinajstić information content (AvgIpc) is 2.55. The molecule has 0 bridgehead atoms. The quantitative estimate of drug-likeness (QED) is 0.933. The maximum atomic E-state index is 12.8. The lowest BCUT2D eigenvalue weighted by atomic mass is 9.74. The molecule has 0 saturated heterocycles. The Morgan fingerprint density at radius 3 is 2.26 bits per heavy atom. The molecule has 0 radical (unpaired) electrons. The zero-order chi connectivity index (χ0) is 16.2. The van der Waals surface area contributed by atoms with Crippen molar-refractivity contribution in [1.29, 1.82) is 0 Å². The number of hydrogen-bond donors (Lipinski definition) is 1. The zero-order valence-corrected chi connectivity index (χ0v) is 13.0. The summed E-state index contributed by atoms with van der Waals surface area (Å²) in [5.74, 6) is -0.417. The maximum Gasteiger partial charge on any atom is 0.232 e. The van der Waals surface area contributed by atoms with Crippen LogP contribution in [-0.4, -0.2) is 11.7 Å². The highest BCUT2D eigenvalue weighted by Crippen LogP contribution is 2.37. The second-order valence-electron chi connectivity index (χ2n) is 5.91. The van der Waals surface area contributed by atoms with Gasteiger partial charge in [-0.2, -0.15) is 0 Å². The van der Waals surface area contributed by atoms with Gasteiger partial charge in [0.05, 0.1) is 5.92 Å². The van der Waals surface area contributed by atoms with E-state index in [2.05, 4.69) is 5.32 Å². The van der Waals surface area contributed by atoms with Crippen LogP contribution in [0.4, 0.5) is 5.69 Å². The Morgan fingerprint density at radius 1 is 1.00 bits per heavy atom. The van der Waals surface area contributed by atoms with Crippen LogP contribution >= 0.6 is 0 Å². The number of rotatable bonds is 3. The number of carbonyl (C=O) groups excluding carboxylic acids is 2. The summed E-state index contributed by atoms with van der Waals surface area (Å²) in [5, 5.41) is 2.97. The third-order valence-electron chi connectivity index (χ3n) is 4.25. The van der Waals surface area contributed by atoms with Gasteiger partial charge in [-0.3, -0.25) is 9.59 Å². The van der Waals surface area contributed by atoms with Crippen molar-refractivity contribution in [3.8, 4) is 0 Å². The van der Waals surface area contributed by atoms with E-state index < -0.39 is 0 Å². The minimum Gasteiger partial charge on any atom is -0.326 e. The smallest absolute Gasteiger partial charge is 0.232 e. The van der Waals surface area contributed by atoms with Crippen LogP contribution in [0.2, 0.25) is 0 Å². The number of nitrogens with one attached hydrogen (secondary N) is 1. The Morgan fingerprint density at radius 2 is 1.61 bits per heavy atom. The Labute approximate surface area is 136 Å². The van der Waals surface area contributed by atoms with Gasteiger partial charge in [-0.15, -0.1) is 0 Å². The minimum atomic E-state index is -0.324. The number of anilines is 1. The molecule has 2 atom stereocenters. The fourth-order valence-corrected chi connectivity index (χ4v) is 3.20. The summed E-state index contributed by atoms with van der Waals surface area (Å²) in [6.07, 6.45) is 1.98. The SMILES string of the molecule is CC1=CC(=O)CC(c2ccccc2)C1C(=O)Nc1ccccc1. The molecule has 0 saturated carbocycles. The highest BCUT2D eigenvalue weighted by molar-refractivity contribution is 6.00. The van der Waals surface area contributed by atoms with E-state index in [1.54, 1.807) is 6.08 Å². The topological polar surface area (TPSA) is 46.2 Å². The van der Waals surface area contributed by atoms with Crippen LogP contribution in [0.5, 0.6) is 0 Å². The molecular formula is C20H19NO2. The Balaban J connectivity index is 1.91. The van der Waals surface area contributed by atoms with Gasteiger partial charge in [-0.25, -0.2) is 0 Å². The molecule has 1 N–H and O–H groups in total. The van der Waals surface area contributed by atoms with Crippen LogP contribution in [0.25, 0.3) is 0 Å². The number of para-hydroxylation sites is 1. The summed E-state index contributed by atoms with van der Waals surface area (Å²) >= 11 is 0. The molecule has 116 valence electrons. The lowest BCUT2D eigenvalue weighted by Crippen LogP contribution is -2.33. The average molecular weight is 305 g/mol. The summed E-state index contributed by atoms with van der Waals surface area (Å²) in [4.78, 5) is 24.8. The highest BCUT2D eigenvalue weighted by atomic mass is 16.2. The van der Waals surface area contributed by atoms with Gasteiger partial charge in [0, 0.05) is 18.0 Å². The van der Waals surface area contributed by atoms with Crippen molar-refractivity contribution >= 4 is 17.4 Å². The van der Waals surface area contributed by atoms with Gasteiger partial charge in [-0.05, 0) is 30.7 Å². The molecule has 0 aromatic heterocycles. The van der Waals surface area contributed by atoms with E-state index in [0.717, 1.165) is 16.8 Å². The van der Waals surface area contributed by atoms with Crippen LogP contribution in [-0.2, 0) is 9.59 Å². The summed E-state index contributed by atoms with van der Waals surface area (Å²) in [6, 6.07) is 19.2. The van der Waals surface area contributed by atoms with Gasteiger partial charge in [0.1, 0.15) is 0 Å². The largest absolute Gasteiger partial charge is 0.326 e. The Hall–Kier alpha value is -2.68. The van der Waals surface area contributed by atoms with Crippen molar-refractivity contribution in [1.82, 2.24) is 0 Å². The number of ketones is 1. The molecule has 3 nitrogen and oxygen atoms in total. The third kappa shape index (κ3) is 3.39. The van der Waals surface area contributed by atoms with Gasteiger partial charge in [-0.1, -0.05) is 54.1 Å². The highest BCUT2D eigenvalue weighted by Gasteiger charge is 2.35. The number of allylic oxidation sites excluding steroid dienone is 1. The van der Waals surface area contributed by atoms with Crippen molar-refractivity contribution in [2.24, 2.45) is 5.92 Å². The first kappa shape index (κ1) is 15.2. The molecule has 0 heterocycles. The summed E-state index contributed by atoms with van der Waals surface area (Å²) in [6.45, 7) is 1.86. The van der Waals surface area contributed by atoms with E-state index in [-0.39, 0.29) is 23.5 Å². The van der Waals surface area contributed by atoms with E-state index in [9.17, 15) is 9.59 Å². The minimum absolute atomic E-state index is 0.0636. The molecule has 1 amide bonds. The molecule has 2 aromatic carbocycles. The fraction of sp³-hybridized carbons (Fsp3) is 0.200. The molecule has 0 fully saturated rings. The number of amides is 1. The molecule has 23 heavy (non-hydrogen) atoms. The summed E-state index contributed by atoms with van der Waals surface area (Å²) in [5.41, 5.74) is 2.62. The molecule has 1 aliphatic rings. The second kappa shape index (κ2) is 6.61. The number of carbonyl (C=O) groups is 2. The number of benzene rings is 2. The van der Waals surface area contributed by atoms with E-state index in [1.807, 2.05) is 67.6 Å². The lowest BCUT2D eigenvalue weighted by molar-refractivity contribution is -0.121. The predicted octanol–water partition coefficient (Wildman–Crippen LogP) is 3.94. The molecule has 3 heteroatoms. The standard InChI is InChI=1S/C20H19NO2/c1-14-12-17(22)13-18(15-8-4-2-5-9-15)19(14)20(23)21-16-10-6-3-7-11-16/h2-12,18-19H,13H2,1H3,(H,21,23). The van der Waals surface area contributed by atoms with Crippen molar-refractivity contribution in [2.75, 3.05) is 5.32 Å². The normalized spacial score (nSPS) is 20.7.